The number of hydrogen-bond acceptors (Lipinski definition) is 2. The zero-order chi connectivity index (χ0) is 9.42. The van der Waals surface area contributed by atoms with Crippen molar-refractivity contribution in [2.75, 3.05) is 0 Å². The number of halogens is 2. The lowest BCUT2D eigenvalue weighted by molar-refractivity contribution is 1.50. The number of nitriles is 1. The Balaban J connectivity index is 2.94. The maximum absolute atomic E-state index is 8.86. The number of nitrogens with zero attached hydrogens (tertiary/aromatic N) is 1. The summed E-state index contributed by atoms with van der Waals surface area (Å²) in [6, 6.07) is 5.87. The van der Waals surface area contributed by atoms with E-state index in [4.69, 9.17) is 16.9 Å². The van der Waals surface area contributed by atoms with E-state index in [1.165, 1.54) is 11.3 Å². The summed E-state index contributed by atoms with van der Waals surface area (Å²) in [4.78, 5) is 0. The van der Waals surface area contributed by atoms with Gasteiger partial charge < -0.3 is 0 Å². The lowest BCUT2D eigenvalue weighted by Crippen LogP contribution is -1.74. The van der Waals surface area contributed by atoms with Gasteiger partial charge in [0.1, 0.15) is 6.07 Å². The molecule has 64 valence electrons. The first kappa shape index (κ1) is 9.01. The highest BCUT2D eigenvalue weighted by Crippen LogP contribution is 2.34. The van der Waals surface area contributed by atoms with Crippen LogP contribution in [0.4, 0.5) is 0 Å². The van der Waals surface area contributed by atoms with Crippen molar-refractivity contribution < 1.29 is 0 Å². The summed E-state index contributed by atoms with van der Waals surface area (Å²) in [7, 11) is 0. The second kappa shape index (κ2) is 3.30. The standard InChI is InChI=1S/C9H3BrClNS/c10-6-1-5(3-12)9-7(2-6)8(11)4-13-9/h1-2,4H. The quantitative estimate of drug-likeness (QED) is 0.705. The highest BCUT2D eigenvalue weighted by molar-refractivity contribution is 9.10. The Kier molecular flexibility index (Phi) is 2.29. The molecule has 0 saturated heterocycles. The SMILES string of the molecule is N#Cc1cc(Br)cc2c(Cl)csc12. The van der Waals surface area contributed by atoms with E-state index in [9.17, 15) is 0 Å². The second-order valence-electron chi connectivity index (χ2n) is 2.53. The fourth-order valence-corrected chi connectivity index (χ4v) is 2.83. The lowest BCUT2D eigenvalue weighted by Gasteiger charge is -1.95. The summed E-state index contributed by atoms with van der Waals surface area (Å²) in [6.45, 7) is 0. The molecule has 0 N–H and O–H groups in total. The minimum absolute atomic E-state index is 0.668. The molecule has 0 aliphatic heterocycles. The van der Waals surface area contributed by atoms with E-state index in [0.29, 0.717) is 10.6 Å². The summed E-state index contributed by atoms with van der Waals surface area (Å²) in [5, 5.41) is 12.4. The number of rotatable bonds is 0. The predicted molar refractivity (Wildman–Crippen MR) is 59.3 cm³/mol. The van der Waals surface area contributed by atoms with Crippen molar-refractivity contribution in [3.8, 4) is 6.07 Å². The third-order valence-corrected chi connectivity index (χ3v) is 3.64. The van der Waals surface area contributed by atoms with Crippen molar-refractivity contribution in [3.05, 3.63) is 32.6 Å². The molecule has 0 bridgehead atoms. The Morgan fingerprint density at radius 3 is 2.92 bits per heavy atom. The van der Waals surface area contributed by atoms with Crippen LogP contribution in [0.25, 0.3) is 10.1 Å². The van der Waals surface area contributed by atoms with Crippen LogP contribution < -0.4 is 0 Å². The molecule has 0 spiro atoms. The van der Waals surface area contributed by atoms with E-state index in [0.717, 1.165) is 14.6 Å². The van der Waals surface area contributed by atoms with Gasteiger partial charge in [-0.2, -0.15) is 5.26 Å². The molecule has 4 heteroatoms. The van der Waals surface area contributed by atoms with Gasteiger partial charge in [-0.05, 0) is 12.1 Å². The first-order valence-corrected chi connectivity index (χ1v) is 5.54. The molecule has 0 amide bonds. The Bertz CT molecular complexity index is 512. The van der Waals surface area contributed by atoms with E-state index in [-0.39, 0.29) is 0 Å². The molecular formula is C9H3BrClNS. The molecule has 0 aliphatic carbocycles. The number of hydrogen-bond donors (Lipinski definition) is 0. The van der Waals surface area contributed by atoms with E-state index in [1.54, 1.807) is 6.07 Å². The van der Waals surface area contributed by atoms with Crippen LogP contribution in [-0.4, -0.2) is 0 Å². The van der Waals surface area contributed by atoms with Crippen molar-refractivity contribution in [1.82, 2.24) is 0 Å². The Morgan fingerprint density at radius 1 is 1.46 bits per heavy atom. The van der Waals surface area contributed by atoms with Gasteiger partial charge in [-0.15, -0.1) is 11.3 Å². The fourth-order valence-electron chi connectivity index (χ4n) is 1.16. The first-order chi connectivity index (χ1) is 6.22. The van der Waals surface area contributed by atoms with Crippen LogP contribution in [0, 0.1) is 11.3 Å². The maximum Gasteiger partial charge on any atom is 0.101 e. The van der Waals surface area contributed by atoms with E-state index < -0.39 is 0 Å². The molecule has 1 heterocycles. The molecule has 1 aromatic heterocycles. The average molecular weight is 273 g/mol. The Hall–Kier alpha value is -0.560. The highest BCUT2D eigenvalue weighted by Gasteiger charge is 2.07. The minimum Gasteiger partial charge on any atom is -0.192 e. The largest absolute Gasteiger partial charge is 0.192 e. The molecule has 0 atom stereocenters. The molecule has 0 saturated carbocycles. The first-order valence-electron chi connectivity index (χ1n) is 3.48. The van der Waals surface area contributed by atoms with Crippen LogP contribution in [0.2, 0.25) is 5.02 Å². The minimum atomic E-state index is 0.668. The van der Waals surface area contributed by atoms with E-state index in [2.05, 4.69) is 22.0 Å². The highest BCUT2D eigenvalue weighted by atomic mass is 79.9. The van der Waals surface area contributed by atoms with E-state index in [1.807, 2.05) is 11.4 Å². The molecule has 0 aliphatic rings. The van der Waals surface area contributed by atoms with Crippen LogP contribution in [0.5, 0.6) is 0 Å². The molecule has 2 rings (SSSR count). The molecular weight excluding hydrogens is 270 g/mol. The van der Waals surface area contributed by atoms with Gasteiger partial charge in [0.2, 0.25) is 0 Å². The Morgan fingerprint density at radius 2 is 2.23 bits per heavy atom. The predicted octanol–water partition coefficient (Wildman–Crippen LogP) is 4.19. The third kappa shape index (κ3) is 1.46. The zero-order valence-corrected chi connectivity index (χ0v) is 9.50. The van der Waals surface area contributed by atoms with Crippen molar-refractivity contribution in [2.24, 2.45) is 0 Å². The average Bonchev–Trinajstić information content (AvgIpc) is 2.47. The normalized spacial score (nSPS) is 10.2. The summed E-state index contributed by atoms with van der Waals surface area (Å²) in [6.07, 6.45) is 0. The van der Waals surface area contributed by atoms with Crippen molar-refractivity contribution in [1.29, 1.82) is 5.26 Å². The Labute approximate surface area is 92.7 Å². The summed E-state index contributed by atoms with van der Waals surface area (Å²) in [5.41, 5.74) is 0.668. The van der Waals surface area contributed by atoms with Gasteiger partial charge in [0.25, 0.3) is 0 Å². The number of fused-ring (bicyclic) bond motifs is 1. The van der Waals surface area contributed by atoms with Crippen LogP contribution in [0.1, 0.15) is 5.56 Å². The fraction of sp³-hybridized carbons (Fsp3) is 0. The molecule has 0 radical (unpaired) electrons. The van der Waals surface area contributed by atoms with Gasteiger partial charge in [0.15, 0.2) is 0 Å². The number of benzene rings is 1. The molecule has 0 fully saturated rings. The van der Waals surface area contributed by atoms with Crippen molar-refractivity contribution in [3.63, 3.8) is 0 Å². The molecule has 2 aromatic rings. The van der Waals surface area contributed by atoms with Crippen LogP contribution >= 0.6 is 38.9 Å². The molecule has 0 unspecified atom stereocenters. The molecule has 1 nitrogen and oxygen atoms in total. The monoisotopic (exact) mass is 271 g/mol. The summed E-state index contributed by atoms with van der Waals surface area (Å²) >= 11 is 10.8. The van der Waals surface area contributed by atoms with Gasteiger partial charge >= 0.3 is 0 Å². The van der Waals surface area contributed by atoms with Gasteiger partial charge in [-0.1, -0.05) is 27.5 Å². The topological polar surface area (TPSA) is 23.8 Å². The molecule has 1 aromatic carbocycles. The number of thiophene rings is 1. The summed E-state index contributed by atoms with van der Waals surface area (Å²) < 4.78 is 1.84. The molecule has 13 heavy (non-hydrogen) atoms. The third-order valence-electron chi connectivity index (χ3n) is 1.71. The van der Waals surface area contributed by atoms with Crippen molar-refractivity contribution >= 4 is 49.0 Å². The summed E-state index contributed by atoms with van der Waals surface area (Å²) in [5.74, 6) is 0. The van der Waals surface area contributed by atoms with E-state index >= 15 is 0 Å². The van der Waals surface area contributed by atoms with Crippen LogP contribution in [0.15, 0.2) is 22.0 Å². The maximum atomic E-state index is 8.86. The second-order valence-corrected chi connectivity index (χ2v) is 4.73. The van der Waals surface area contributed by atoms with Gasteiger partial charge in [0.05, 0.1) is 15.3 Å². The van der Waals surface area contributed by atoms with Crippen molar-refractivity contribution in [2.45, 2.75) is 0 Å². The van der Waals surface area contributed by atoms with Gasteiger partial charge in [-0.25, -0.2) is 0 Å². The lowest BCUT2D eigenvalue weighted by atomic mass is 10.2. The van der Waals surface area contributed by atoms with Crippen LogP contribution in [-0.2, 0) is 0 Å². The van der Waals surface area contributed by atoms with Gasteiger partial charge in [0, 0.05) is 15.2 Å². The van der Waals surface area contributed by atoms with Crippen LogP contribution in [0.3, 0.4) is 0 Å². The zero-order valence-electron chi connectivity index (χ0n) is 6.34. The van der Waals surface area contributed by atoms with Gasteiger partial charge in [-0.3, -0.25) is 0 Å². The smallest absolute Gasteiger partial charge is 0.101 e.